The van der Waals surface area contributed by atoms with E-state index in [1.165, 1.54) is 0 Å². The largest absolute Gasteiger partial charge is 0.387 e. The van der Waals surface area contributed by atoms with Crippen molar-refractivity contribution in [3.05, 3.63) is 60.2 Å². The SMILES string of the molecule is CC(O)c1cn(C2CN(C(=O)Cc3ccc(-n4cccn4)cc3)C2)nn1. The molecule has 3 heterocycles. The van der Waals surface area contributed by atoms with E-state index in [-0.39, 0.29) is 11.9 Å². The topological polar surface area (TPSA) is 89.1 Å². The van der Waals surface area contributed by atoms with Crippen LogP contribution in [0.4, 0.5) is 0 Å². The lowest BCUT2D eigenvalue weighted by Gasteiger charge is -2.39. The summed E-state index contributed by atoms with van der Waals surface area (Å²) in [4.78, 5) is 14.2. The first kappa shape index (κ1) is 16.5. The van der Waals surface area contributed by atoms with E-state index in [1.54, 1.807) is 28.7 Å². The second-order valence-electron chi connectivity index (χ2n) is 6.55. The summed E-state index contributed by atoms with van der Waals surface area (Å²) < 4.78 is 3.51. The van der Waals surface area contributed by atoms with Gasteiger partial charge < -0.3 is 10.0 Å². The third kappa shape index (κ3) is 3.23. The molecule has 8 heteroatoms. The van der Waals surface area contributed by atoms with E-state index in [2.05, 4.69) is 15.4 Å². The van der Waals surface area contributed by atoms with Crippen molar-refractivity contribution in [2.24, 2.45) is 0 Å². The zero-order chi connectivity index (χ0) is 18.1. The molecule has 4 rings (SSSR count). The Hall–Kier alpha value is -3.00. The van der Waals surface area contributed by atoms with Gasteiger partial charge in [0.05, 0.1) is 30.5 Å². The Balaban J connectivity index is 1.32. The van der Waals surface area contributed by atoms with Gasteiger partial charge in [0.25, 0.3) is 0 Å². The summed E-state index contributed by atoms with van der Waals surface area (Å²) in [5.41, 5.74) is 2.49. The number of carbonyl (C=O) groups excluding carboxylic acids is 1. The highest BCUT2D eigenvalue weighted by atomic mass is 16.3. The van der Waals surface area contributed by atoms with Crippen molar-refractivity contribution in [3.63, 3.8) is 0 Å². The number of hydrogen-bond donors (Lipinski definition) is 1. The van der Waals surface area contributed by atoms with E-state index in [0.29, 0.717) is 25.2 Å². The average Bonchev–Trinajstić information content (AvgIpc) is 3.26. The summed E-state index contributed by atoms with van der Waals surface area (Å²) in [6.45, 7) is 2.89. The molecule has 1 fully saturated rings. The molecule has 26 heavy (non-hydrogen) atoms. The Morgan fingerprint density at radius 1 is 1.31 bits per heavy atom. The first-order valence-corrected chi connectivity index (χ1v) is 8.56. The molecule has 1 aliphatic heterocycles. The van der Waals surface area contributed by atoms with Crippen molar-refractivity contribution in [1.29, 1.82) is 0 Å². The lowest BCUT2D eigenvalue weighted by molar-refractivity contribution is -0.136. The van der Waals surface area contributed by atoms with Gasteiger partial charge in [-0.15, -0.1) is 5.10 Å². The molecule has 8 nitrogen and oxygen atoms in total. The van der Waals surface area contributed by atoms with Crippen LogP contribution in [0.25, 0.3) is 5.69 Å². The van der Waals surface area contributed by atoms with E-state index < -0.39 is 6.10 Å². The maximum atomic E-state index is 12.4. The molecule has 1 unspecified atom stereocenters. The number of carbonyl (C=O) groups is 1. The molecule has 0 spiro atoms. The highest BCUT2D eigenvalue weighted by Gasteiger charge is 2.32. The Morgan fingerprint density at radius 3 is 2.69 bits per heavy atom. The number of hydrogen-bond acceptors (Lipinski definition) is 5. The van der Waals surface area contributed by atoms with Gasteiger partial charge in [-0.2, -0.15) is 5.10 Å². The van der Waals surface area contributed by atoms with Crippen LogP contribution in [0.5, 0.6) is 0 Å². The number of aliphatic hydroxyl groups excluding tert-OH is 1. The van der Waals surface area contributed by atoms with E-state index >= 15 is 0 Å². The molecule has 0 saturated carbocycles. The lowest BCUT2D eigenvalue weighted by Crippen LogP contribution is -2.51. The molecule has 134 valence electrons. The standard InChI is InChI=1S/C18H20N6O2/c1-13(25)17-12-24(21-20-17)16-10-22(11-16)18(26)9-14-3-5-15(6-4-14)23-8-2-7-19-23/h2-8,12-13,16,25H,9-11H2,1H3. The predicted octanol–water partition coefficient (Wildman–Crippen LogP) is 1.14. The van der Waals surface area contributed by atoms with E-state index in [0.717, 1.165) is 11.3 Å². The van der Waals surface area contributed by atoms with Crippen LogP contribution in [0.2, 0.25) is 0 Å². The van der Waals surface area contributed by atoms with Crippen LogP contribution in [-0.2, 0) is 11.2 Å². The normalized spacial score (nSPS) is 15.7. The lowest BCUT2D eigenvalue weighted by atomic mass is 10.1. The highest BCUT2D eigenvalue weighted by Crippen LogP contribution is 2.22. The molecule has 0 radical (unpaired) electrons. The minimum atomic E-state index is -0.633. The number of amides is 1. The number of aliphatic hydroxyl groups is 1. The number of rotatable bonds is 5. The molecule has 1 atom stereocenters. The van der Waals surface area contributed by atoms with Crippen LogP contribution in [0.1, 0.15) is 30.3 Å². The Labute approximate surface area is 150 Å². The fourth-order valence-corrected chi connectivity index (χ4v) is 2.96. The van der Waals surface area contributed by atoms with Gasteiger partial charge in [-0.3, -0.25) is 4.79 Å². The van der Waals surface area contributed by atoms with Crippen molar-refractivity contribution in [3.8, 4) is 5.69 Å². The van der Waals surface area contributed by atoms with Gasteiger partial charge in [0.2, 0.25) is 5.91 Å². The summed E-state index contributed by atoms with van der Waals surface area (Å²) in [7, 11) is 0. The van der Waals surface area contributed by atoms with Gasteiger partial charge in [-0.05, 0) is 30.7 Å². The van der Waals surface area contributed by atoms with Crippen LogP contribution in [0.3, 0.4) is 0 Å². The van der Waals surface area contributed by atoms with Gasteiger partial charge in [-0.1, -0.05) is 17.3 Å². The van der Waals surface area contributed by atoms with Crippen LogP contribution >= 0.6 is 0 Å². The molecular formula is C18H20N6O2. The fraction of sp³-hybridized carbons (Fsp3) is 0.333. The van der Waals surface area contributed by atoms with Gasteiger partial charge in [0.1, 0.15) is 5.69 Å². The smallest absolute Gasteiger partial charge is 0.227 e. The third-order valence-corrected chi connectivity index (χ3v) is 4.61. The van der Waals surface area contributed by atoms with Gasteiger partial charge >= 0.3 is 0 Å². The predicted molar refractivity (Wildman–Crippen MR) is 93.5 cm³/mol. The molecule has 3 aromatic rings. The maximum absolute atomic E-state index is 12.4. The number of nitrogens with zero attached hydrogens (tertiary/aromatic N) is 6. The van der Waals surface area contributed by atoms with Crippen LogP contribution in [0.15, 0.2) is 48.9 Å². The second kappa shape index (κ2) is 6.72. The van der Waals surface area contributed by atoms with Crippen molar-refractivity contribution in [2.45, 2.75) is 25.5 Å². The first-order valence-electron chi connectivity index (χ1n) is 8.56. The van der Waals surface area contributed by atoms with E-state index in [1.807, 2.05) is 41.4 Å². The molecule has 0 aliphatic carbocycles. The second-order valence-corrected chi connectivity index (χ2v) is 6.55. The Kier molecular flexibility index (Phi) is 4.26. The molecule has 0 bridgehead atoms. The van der Waals surface area contributed by atoms with Gasteiger partial charge in [-0.25, -0.2) is 9.36 Å². The number of benzene rings is 1. The van der Waals surface area contributed by atoms with Crippen molar-refractivity contribution in [1.82, 2.24) is 29.7 Å². The van der Waals surface area contributed by atoms with Crippen LogP contribution < -0.4 is 0 Å². The summed E-state index contributed by atoms with van der Waals surface area (Å²) in [5.74, 6) is 0.101. The van der Waals surface area contributed by atoms with Crippen molar-refractivity contribution in [2.75, 3.05) is 13.1 Å². The summed E-state index contributed by atoms with van der Waals surface area (Å²) >= 11 is 0. The fourth-order valence-electron chi connectivity index (χ4n) is 2.96. The molecule has 1 aromatic carbocycles. The van der Waals surface area contributed by atoms with E-state index in [4.69, 9.17) is 0 Å². The first-order chi connectivity index (χ1) is 12.6. The zero-order valence-corrected chi connectivity index (χ0v) is 14.4. The van der Waals surface area contributed by atoms with Crippen molar-refractivity contribution < 1.29 is 9.90 Å². The number of likely N-dealkylation sites (tertiary alicyclic amines) is 1. The summed E-state index contributed by atoms with van der Waals surface area (Å²) in [5, 5.41) is 21.7. The molecule has 2 aromatic heterocycles. The van der Waals surface area contributed by atoms with Crippen LogP contribution in [0, 0.1) is 0 Å². The Morgan fingerprint density at radius 2 is 2.08 bits per heavy atom. The quantitative estimate of drug-likeness (QED) is 0.744. The molecule has 1 amide bonds. The van der Waals surface area contributed by atoms with Crippen LogP contribution in [-0.4, -0.2) is 53.8 Å². The minimum Gasteiger partial charge on any atom is -0.387 e. The molecule has 1 saturated heterocycles. The zero-order valence-electron chi connectivity index (χ0n) is 14.4. The minimum absolute atomic E-state index is 0.101. The number of aromatic nitrogens is 5. The third-order valence-electron chi connectivity index (χ3n) is 4.61. The molecule has 1 aliphatic rings. The average molecular weight is 352 g/mol. The van der Waals surface area contributed by atoms with E-state index in [9.17, 15) is 9.90 Å². The highest BCUT2D eigenvalue weighted by molar-refractivity contribution is 5.79. The maximum Gasteiger partial charge on any atom is 0.227 e. The summed E-state index contributed by atoms with van der Waals surface area (Å²) in [6, 6.07) is 9.83. The van der Waals surface area contributed by atoms with Gasteiger partial charge in [0.15, 0.2) is 0 Å². The Bertz CT molecular complexity index is 879. The molecular weight excluding hydrogens is 332 g/mol. The monoisotopic (exact) mass is 352 g/mol. The van der Waals surface area contributed by atoms with Crippen molar-refractivity contribution >= 4 is 5.91 Å². The van der Waals surface area contributed by atoms with Gasteiger partial charge in [0, 0.05) is 25.5 Å². The summed E-state index contributed by atoms with van der Waals surface area (Å²) in [6.07, 6.45) is 5.10. The molecule has 1 N–H and O–H groups in total.